The van der Waals surface area contributed by atoms with E-state index in [-0.39, 0.29) is 17.4 Å². The number of aliphatic hydroxyl groups excluding tert-OH is 1. The highest BCUT2D eigenvalue weighted by atomic mass is 32.2. The van der Waals surface area contributed by atoms with Gasteiger partial charge in [0, 0.05) is 13.1 Å². The van der Waals surface area contributed by atoms with Gasteiger partial charge in [0.25, 0.3) is 10.1 Å². The molecule has 0 bridgehead atoms. The quantitative estimate of drug-likeness (QED) is 0.633. The minimum absolute atomic E-state index is 0.00470. The van der Waals surface area contributed by atoms with Crippen LogP contribution in [0.2, 0.25) is 0 Å². The first-order valence-electron chi connectivity index (χ1n) is 7.02. The van der Waals surface area contributed by atoms with Crippen LogP contribution >= 0.6 is 9.39 Å². The molecule has 118 valence electrons. The Morgan fingerprint density at radius 1 is 1.43 bits per heavy atom. The van der Waals surface area contributed by atoms with Gasteiger partial charge in [0.1, 0.15) is 0 Å². The Labute approximate surface area is 128 Å². The number of benzene rings is 1. The van der Waals surface area contributed by atoms with Crippen molar-refractivity contribution in [1.29, 1.82) is 0 Å². The summed E-state index contributed by atoms with van der Waals surface area (Å²) in [7, 11) is -1.11. The number of hydrogen-bond acceptors (Lipinski definition) is 5. The van der Waals surface area contributed by atoms with Crippen LogP contribution in [-0.4, -0.2) is 44.0 Å². The minimum atomic E-state index is -3.73. The Hall–Kier alpha value is -0.520. The van der Waals surface area contributed by atoms with Crippen molar-refractivity contribution >= 4 is 19.5 Å². The summed E-state index contributed by atoms with van der Waals surface area (Å²) in [6, 6.07) is 6.53. The second-order valence-electron chi connectivity index (χ2n) is 5.49. The van der Waals surface area contributed by atoms with E-state index in [4.69, 9.17) is 4.18 Å². The Kier molecular flexibility index (Phi) is 5.74. The fraction of sp³-hybridized carbons (Fsp3) is 0.571. The Balaban J connectivity index is 1.83. The molecule has 2 rings (SSSR count). The summed E-state index contributed by atoms with van der Waals surface area (Å²) in [4.78, 5) is 0.152. The van der Waals surface area contributed by atoms with E-state index in [1.165, 1.54) is 12.1 Å². The molecule has 21 heavy (non-hydrogen) atoms. The zero-order valence-electron chi connectivity index (χ0n) is 12.1. The number of aliphatic hydroxyl groups is 1. The van der Waals surface area contributed by atoms with E-state index in [9.17, 15) is 13.5 Å². The van der Waals surface area contributed by atoms with Crippen molar-refractivity contribution in [3.63, 3.8) is 0 Å². The molecule has 5 nitrogen and oxygen atoms in total. The molecule has 1 N–H and O–H groups in total. The van der Waals surface area contributed by atoms with Gasteiger partial charge in [-0.1, -0.05) is 27.1 Å². The average Bonchev–Trinajstić information content (AvgIpc) is 2.86. The topological polar surface area (TPSA) is 66.8 Å². The molecule has 1 aromatic carbocycles. The van der Waals surface area contributed by atoms with Gasteiger partial charge in [-0.05, 0) is 37.8 Å². The highest BCUT2D eigenvalue weighted by molar-refractivity contribution is 7.86. The summed E-state index contributed by atoms with van der Waals surface area (Å²) in [5, 5.41) is 10.1. The van der Waals surface area contributed by atoms with Crippen molar-refractivity contribution in [3.05, 3.63) is 29.8 Å². The van der Waals surface area contributed by atoms with Gasteiger partial charge in [0.05, 0.1) is 17.6 Å². The monoisotopic (exact) mass is 331 g/mol. The number of rotatable bonds is 6. The van der Waals surface area contributed by atoms with Gasteiger partial charge in [-0.15, -0.1) is 0 Å². The van der Waals surface area contributed by atoms with Gasteiger partial charge >= 0.3 is 0 Å². The largest absolute Gasteiger partial charge is 0.393 e. The van der Waals surface area contributed by atoms with Crippen LogP contribution in [0.3, 0.4) is 0 Å². The molecule has 0 amide bonds. The predicted octanol–water partition coefficient (Wildman–Crippen LogP) is 1.56. The van der Waals surface area contributed by atoms with E-state index in [0.29, 0.717) is 6.42 Å². The van der Waals surface area contributed by atoms with E-state index < -0.39 is 16.2 Å². The Morgan fingerprint density at radius 2 is 2.10 bits per heavy atom. The molecule has 0 aliphatic carbocycles. The lowest BCUT2D eigenvalue weighted by atomic mass is 10.00. The maximum absolute atomic E-state index is 12.0. The zero-order chi connectivity index (χ0) is 15.5. The highest BCUT2D eigenvalue weighted by Gasteiger charge is 2.26. The molecule has 0 radical (unpaired) electrons. The van der Waals surface area contributed by atoms with Crippen LogP contribution in [0.5, 0.6) is 0 Å². The predicted molar refractivity (Wildman–Crippen MR) is 84.3 cm³/mol. The standard InChI is InChI=1S/C14H22NO4PS/c1-11-2-4-13(5-3-11)21(17,18)19-9-7-14(16)12-6-8-15(20)10-12/h2-5,12,14,16H,6-10,20H2,1H3/t12-,14-/m0/s1. The Morgan fingerprint density at radius 3 is 2.67 bits per heavy atom. The SMILES string of the molecule is Cc1ccc(S(=O)(=O)OCC[C@H](O)[C@H]2CCN(P)C2)cc1. The van der Waals surface area contributed by atoms with Crippen molar-refractivity contribution in [2.75, 3.05) is 19.7 Å². The van der Waals surface area contributed by atoms with Crippen molar-refractivity contribution in [3.8, 4) is 0 Å². The lowest BCUT2D eigenvalue weighted by molar-refractivity contribution is 0.0899. The van der Waals surface area contributed by atoms with Crippen LogP contribution in [-0.2, 0) is 14.3 Å². The zero-order valence-corrected chi connectivity index (χ0v) is 14.1. The maximum atomic E-state index is 12.0. The molecule has 1 fully saturated rings. The fourth-order valence-corrected chi connectivity index (χ4v) is 3.76. The molecule has 0 aromatic heterocycles. The average molecular weight is 331 g/mol. The van der Waals surface area contributed by atoms with Crippen LogP contribution in [0, 0.1) is 12.8 Å². The second kappa shape index (κ2) is 7.16. The van der Waals surface area contributed by atoms with Crippen LogP contribution in [0.1, 0.15) is 18.4 Å². The van der Waals surface area contributed by atoms with Crippen LogP contribution in [0.25, 0.3) is 0 Å². The first-order chi connectivity index (χ1) is 9.88. The lowest BCUT2D eigenvalue weighted by Gasteiger charge is -2.17. The molecule has 1 aromatic rings. The third kappa shape index (κ3) is 4.73. The summed E-state index contributed by atoms with van der Waals surface area (Å²) in [6.07, 6.45) is 0.729. The molecule has 1 aliphatic rings. The first-order valence-corrected chi connectivity index (χ1v) is 8.95. The molecule has 1 saturated heterocycles. The summed E-state index contributed by atoms with van der Waals surface area (Å²) in [6.45, 7) is 3.65. The molecule has 1 aliphatic heterocycles. The molecular formula is C14H22NO4PS. The molecular weight excluding hydrogens is 309 g/mol. The van der Waals surface area contributed by atoms with E-state index in [1.807, 2.05) is 6.92 Å². The third-order valence-electron chi connectivity index (χ3n) is 3.76. The Bertz CT molecular complexity index is 561. The molecule has 0 spiro atoms. The van der Waals surface area contributed by atoms with Crippen molar-refractivity contribution < 1.29 is 17.7 Å². The van der Waals surface area contributed by atoms with Crippen molar-refractivity contribution in [1.82, 2.24) is 4.67 Å². The van der Waals surface area contributed by atoms with Crippen LogP contribution in [0.4, 0.5) is 0 Å². The fourth-order valence-electron chi connectivity index (χ4n) is 2.42. The third-order valence-corrected chi connectivity index (χ3v) is 5.56. The summed E-state index contributed by atoms with van der Waals surface area (Å²) < 4.78 is 31.1. The normalized spacial score (nSPS) is 21.6. The summed E-state index contributed by atoms with van der Waals surface area (Å²) in [5.74, 6) is 0.188. The lowest BCUT2D eigenvalue weighted by Crippen LogP contribution is -2.24. The van der Waals surface area contributed by atoms with Crippen LogP contribution in [0.15, 0.2) is 29.2 Å². The van der Waals surface area contributed by atoms with Gasteiger partial charge in [0.15, 0.2) is 0 Å². The van der Waals surface area contributed by atoms with Gasteiger partial charge in [-0.25, -0.2) is 0 Å². The van der Waals surface area contributed by atoms with Gasteiger partial charge in [-0.2, -0.15) is 8.42 Å². The molecule has 0 saturated carbocycles. The maximum Gasteiger partial charge on any atom is 0.296 e. The van der Waals surface area contributed by atoms with E-state index in [0.717, 1.165) is 25.1 Å². The van der Waals surface area contributed by atoms with Gasteiger partial charge in [-0.3, -0.25) is 8.85 Å². The first kappa shape index (κ1) is 16.8. The summed E-state index contributed by atoms with van der Waals surface area (Å²) >= 11 is 0. The smallest absolute Gasteiger partial charge is 0.296 e. The molecule has 1 heterocycles. The van der Waals surface area contributed by atoms with E-state index >= 15 is 0 Å². The van der Waals surface area contributed by atoms with Gasteiger partial charge in [0.2, 0.25) is 0 Å². The van der Waals surface area contributed by atoms with Crippen molar-refractivity contribution in [2.45, 2.75) is 30.8 Å². The highest BCUT2D eigenvalue weighted by Crippen LogP contribution is 2.24. The molecule has 1 unspecified atom stereocenters. The number of aryl methyl sites for hydroxylation is 1. The molecule has 7 heteroatoms. The number of nitrogens with zero attached hydrogens (tertiary/aromatic N) is 1. The van der Waals surface area contributed by atoms with E-state index in [2.05, 4.69) is 14.1 Å². The minimum Gasteiger partial charge on any atom is -0.393 e. The van der Waals surface area contributed by atoms with Crippen molar-refractivity contribution in [2.24, 2.45) is 5.92 Å². The second-order valence-corrected chi connectivity index (χ2v) is 7.83. The summed E-state index contributed by atoms with van der Waals surface area (Å²) in [5.41, 5.74) is 0.993. The molecule has 3 atom stereocenters. The van der Waals surface area contributed by atoms with Crippen LogP contribution < -0.4 is 0 Å². The van der Waals surface area contributed by atoms with Gasteiger partial charge < -0.3 is 5.11 Å². The van der Waals surface area contributed by atoms with E-state index in [1.54, 1.807) is 12.1 Å². The number of hydrogen-bond donors (Lipinski definition) is 1.